The van der Waals surface area contributed by atoms with Crippen molar-refractivity contribution in [2.24, 2.45) is 0 Å². The summed E-state index contributed by atoms with van der Waals surface area (Å²) in [5, 5.41) is 0.680. The van der Waals surface area contributed by atoms with Crippen LogP contribution in [0.1, 0.15) is 42.4 Å². The van der Waals surface area contributed by atoms with Gasteiger partial charge >= 0.3 is 0 Å². The van der Waals surface area contributed by atoms with Gasteiger partial charge in [0.2, 0.25) is 0 Å². The summed E-state index contributed by atoms with van der Waals surface area (Å²) in [4.78, 5) is 10.6. The van der Waals surface area contributed by atoms with E-state index in [-0.39, 0.29) is 0 Å². The summed E-state index contributed by atoms with van der Waals surface area (Å²) in [6.45, 7) is 0. The number of fused-ring (bicyclic) bond motifs is 1. The Morgan fingerprint density at radius 3 is 2.83 bits per heavy atom. The molecule has 98 valence electrons. The smallest absolute Gasteiger partial charge is 0.140 e. The molecule has 0 N–H and O–H groups in total. The molecule has 3 heteroatoms. The number of methoxy groups -OCH3 is 1. The van der Waals surface area contributed by atoms with E-state index in [1.165, 1.54) is 30.4 Å². The molecule has 1 aromatic carbocycles. The summed E-state index contributed by atoms with van der Waals surface area (Å²) < 4.78 is 5.43. The van der Waals surface area contributed by atoms with Crippen LogP contribution >= 0.6 is 11.6 Å². The number of ether oxygens (including phenoxy) is 1. The van der Waals surface area contributed by atoms with Crippen LogP contribution in [0.25, 0.3) is 0 Å². The fraction of sp³-hybridized carbons (Fsp3) is 0.533. The van der Waals surface area contributed by atoms with Crippen LogP contribution in [0.2, 0.25) is 5.02 Å². The second kappa shape index (κ2) is 6.24. The molecule has 0 aromatic heterocycles. The molecule has 2 rings (SSSR count). The van der Waals surface area contributed by atoms with Crippen LogP contribution < -0.4 is 4.74 Å². The first-order valence-corrected chi connectivity index (χ1v) is 6.96. The Morgan fingerprint density at radius 2 is 2.11 bits per heavy atom. The fourth-order valence-electron chi connectivity index (χ4n) is 2.80. The van der Waals surface area contributed by atoms with Gasteiger partial charge in [-0.05, 0) is 54.9 Å². The summed E-state index contributed by atoms with van der Waals surface area (Å²) in [5.41, 5.74) is 3.86. The lowest BCUT2D eigenvalue weighted by Crippen LogP contribution is -2.03. The first-order chi connectivity index (χ1) is 8.77. The molecule has 0 bridgehead atoms. The van der Waals surface area contributed by atoms with E-state index in [1.54, 1.807) is 7.11 Å². The Bertz CT molecular complexity index is 441. The lowest BCUT2D eigenvalue weighted by molar-refractivity contribution is -0.107. The molecule has 0 spiro atoms. The standard InChI is InChI=1S/C15H19ClO2/c1-18-15-13(8-5-9-17)12-7-4-2-3-6-11(12)10-14(15)16/h9-10H,2-8H2,1H3. The second-order valence-electron chi connectivity index (χ2n) is 4.77. The minimum atomic E-state index is 0.531. The predicted molar refractivity (Wildman–Crippen MR) is 73.6 cm³/mol. The van der Waals surface area contributed by atoms with Gasteiger partial charge in [-0.3, -0.25) is 0 Å². The van der Waals surface area contributed by atoms with Gasteiger partial charge in [0.25, 0.3) is 0 Å². The van der Waals surface area contributed by atoms with Gasteiger partial charge in [-0.2, -0.15) is 0 Å². The molecule has 2 nitrogen and oxygen atoms in total. The molecule has 0 aliphatic heterocycles. The van der Waals surface area contributed by atoms with E-state index < -0.39 is 0 Å². The van der Waals surface area contributed by atoms with Crippen LogP contribution in [-0.2, 0) is 24.1 Å². The number of benzene rings is 1. The van der Waals surface area contributed by atoms with Crippen molar-refractivity contribution in [2.45, 2.75) is 44.9 Å². The van der Waals surface area contributed by atoms with Crippen molar-refractivity contribution in [3.05, 3.63) is 27.8 Å². The molecule has 18 heavy (non-hydrogen) atoms. The zero-order valence-corrected chi connectivity index (χ0v) is 11.6. The lowest BCUT2D eigenvalue weighted by atomic mass is 9.93. The summed E-state index contributed by atoms with van der Waals surface area (Å²) in [6, 6.07) is 2.05. The highest BCUT2D eigenvalue weighted by atomic mass is 35.5. The minimum absolute atomic E-state index is 0.531. The predicted octanol–water partition coefficient (Wildman–Crippen LogP) is 3.75. The quantitative estimate of drug-likeness (QED) is 0.613. The van der Waals surface area contributed by atoms with Crippen molar-refractivity contribution in [3.63, 3.8) is 0 Å². The molecular weight excluding hydrogens is 248 g/mol. The highest BCUT2D eigenvalue weighted by Gasteiger charge is 2.18. The maximum absolute atomic E-state index is 10.6. The third kappa shape index (κ3) is 2.69. The van der Waals surface area contributed by atoms with Crippen molar-refractivity contribution < 1.29 is 9.53 Å². The van der Waals surface area contributed by atoms with Gasteiger partial charge in [0.15, 0.2) is 0 Å². The topological polar surface area (TPSA) is 26.3 Å². The molecule has 0 saturated heterocycles. The highest BCUT2D eigenvalue weighted by Crippen LogP contribution is 2.37. The fourth-order valence-corrected chi connectivity index (χ4v) is 3.12. The SMILES string of the molecule is COc1c(Cl)cc2c(c1CCC=O)CCCCC2. The van der Waals surface area contributed by atoms with Gasteiger partial charge in [-0.15, -0.1) is 0 Å². The summed E-state index contributed by atoms with van der Waals surface area (Å²) in [5.74, 6) is 0.763. The molecular formula is C15H19ClO2. The zero-order chi connectivity index (χ0) is 13.0. The monoisotopic (exact) mass is 266 g/mol. The number of aryl methyl sites for hydroxylation is 1. The van der Waals surface area contributed by atoms with E-state index >= 15 is 0 Å². The van der Waals surface area contributed by atoms with E-state index in [9.17, 15) is 4.79 Å². The van der Waals surface area contributed by atoms with Gasteiger partial charge in [0.1, 0.15) is 12.0 Å². The van der Waals surface area contributed by atoms with Gasteiger partial charge in [0.05, 0.1) is 12.1 Å². The van der Waals surface area contributed by atoms with Gasteiger partial charge in [0, 0.05) is 6.42 Å². The van der Waals surface area contributed by atoms with Gasteiger partial charge < -0.3 is 9.53 Å². The molecule has 1 aliphatic rings. The largest absolute Gasteiger partial charge is 0.495 e. The van der Waals surface area contributed by atoms with Crippen molar-refractivity contribution in [1.82, 2.24) is 0 Å². The molecule has 0 saturated carbocycles. The number of rotatable bonds is 4. The number of aldehydes is 1. The normalized spacial score (nSPS) is 14.8. The van der Waals surface area contributed by atoms with Crippen molar-refractivity contribution in [1.29, 1.82) is 0 Å². The third-order valence-corrected chi connectivity index (χ3v) is 3.91. The number of hydrogen-bond donors (Lipinski definition) is 0. The number of carbonyl (C=O) groups is 1. The van der Waals surface area contributed by atoms with Crippen LogP contribution in [0, 0.1) is 0 Å². The maximum Gasteiger partial charge on any atom is 0.140 e. The summed E-state index contributed by atoms with van der Waals surface area (Å²) in [7, 11) is 1.65. The molecule has 0 radical (unpaired) electrons. The lowest BCUT2D eigenvalue weighted by Gasteiger charge is -2.17. The van der Waals surface area contributed by atoms with Crippen molar-refractivity contribution in [3.8, 4) is 5.75 Å². The number of halogens is 1. The van der Waals surface area contributed by atoms with Crippen molar-refractivity contribution >= 4 is 17.9 Å². The Balaban J connectivity index is 2.49. The highest BCUT2D eigenvalue weighted by molar-refractivity contribution is 6.32. The van der Waals surface area contributed by atoms with Gasteiger partial charge in [-0.1, -0.05) is 18.0 Å². The third-order valence-electron chi connectivity index (χ3n) is 3.63. The Kier molecular flexibility index (Phi) is 4.65. The van der Waals surface area contributed by atoms with E-state index in [2.05, 4.69) is 0 Å². The van der Waals surface area contributed by atoms with E-state index in [0.717, 1.165) is 36.9 Å². The number of hydrogen-bond acceptors (Lipinski definition) is 2. The maximum atomic E-state index is 10.6. The molecule has 1 aliphatic carbocycles. The number of carbonyl (C=O) groups excluding carboxylic acids is 1. The summed E-state index contributed by atoms with van der Waals surface area (Å²) in [6.07, 6.45) is 8.10. The molecule has 0 heterocycles. The molecule has 0 fully saturated rings. The molecule has 0 unspecified atom stereocenters. The van der Waals surface area contributed by atoms with Crippen LogP contribution in [0.15, 0.2) is 6.07 Å². The van der Waals surface area contributed by atoms with Crippen LogP contribution in [0.4, 0.5) is 0 Å². The first-order valence-electron chi connectivity index (χ1n) is 6.58. The van der Waals surface area contributed by atoms with E-state index in [4.69, 9.17) is 16.3 Å². The molecule has 1 aromatic rings. The van der Waals surface area contributed by atoms with Crippen molar-refractivity contribution in [2.75, 3.05) is 7.11 Å². The zero-order valence-electron chi connectivity index (χ0n) is 10.8. The Hall–Kier alpha value is -1.02. The summed E-state index contributed by atoms with van der Waals surface area (Å²) >= 11 is 6.29. The first kappa shape index (κ1) is 13.4. The molecule has 0 atom stereocenters. The average Bonchev–Trinajstić information content (AvgIpc) is 2.60. The van der Waals surface area contributed by atoms with Crippen LogP contribution in [0.5, 0.6) is 5.75 Å². The van der Waals surface area contributed by atoms with Crippen LogP contribution in [0.3, 0.4) is 0 Å². The van der Waals surface area contributed by atoms with E-state index in [0.29, 0.717) is 11.4 Å². The van der Waals surface area contributed by atoms with Crippen LogP contribution in [-0.4, -0.2) is 13.4 Å². The Labute approximate surface area is 113 Å². The average molecular weight is 267 g/mol. The van der Waals surface area contributed by atoms with Gasteiger partial charge in [-0.25, -0.2) is 0 Å². The minimum Gasteiger partial charge on any atom is -0.495 e. The Morgan fingerprint density at radius 1 is 1.33 bits per heavy atom. The second-order valence-corrected chi connectivity index (χ2v) is 5.18. The van der Waals surface area contributed by atoms with E-state index in [1.807, 2.05) is 6.07 Å². The molecule has 0 amide bonds.